The van der Waals surface area contributed by atoms with Gasteiger partial charge in [-0.15, -0.1) is 0 Å². The van der Waals surface area contributed by atoms with Crippen molar-refractivity contribution >= 4 is 0 Å². The van der Waals surface area contributed by atoms with Crippen LogP contribution in [0.3, 0.4) is 0 Å². The number of rotatable bonds is 0. The van der Waals surface area contributed by atoms with Crippen LogP contribution in [0.1, 0.15) is 22.7 Å². The number of hydrogen-bond acceptors (Lipinski definition) is 6. The Hall–Kier alpha value is -2.60. The molecule has 4 aliphatic rings. The Morgan fingerprint density at radius 2 is 1.67 bits per heavy atom. The summed E-state index contributed by atoms with van der Waals surface area (Å²) in [5.74, 6) is 2.64. The average molecular weight is 325 g/mol. The van der Waals surface area contributed by atoms with E-state index in [9.17, 15) is 5.11 Å². The zero-order valence-electron chi connectivity index (χ0n) is 12.8. The van der Waals surface area contributed by atoms with Crippen LogP contribution >= 0.6 is 0 Å². The smallest absolute Gasteiger partial charge is 0.231 e. The van der Waals surface area contributed by atoms with Gasteiger partial charge < -0.3 is 29.4 Å². The minimum atomic E-state index is 0.134. The van der Waals surface area contributed by atoms with Crippen molar-refractivity contribution in [1.29, 1.82) is 0 Å². The van der Waals surface area contributed by atoms with Crippen LogP contribution in [0.4, 0.5) is 0 Å². The summed E-state index contributed by atoms with van der Waals surface area (Å²) in [4.78, 5) is 0. The number of hydrogen-bond donors (Lipinski definition) is 2. The van der Waals surface area contributed by atoms with Gasteiger partial charge in [-0.3, -0.25) is 0 Å². The van der Waals surface area contributed by atoms with Crippen molar-refractivity contribution in [3.05, 3.63) is 28.8 Å². The summed E-state index contributed by atoms with van der Waals surface area (Å²) in [5.41, 5.74) is 5.25. The predicted molar refractivity (Wildman–Crippen MR) is 83.9 cm³/mol. The van der Waals surface area contributed by atoms with Crippen molar-refractivity contribution in [2.24, 2.45) is 0 Å². The van der Waals surface area contributed by atoms with Crippen LogP contribution < -0.4 is 24.3 Å². The Balaban J connectivity index is 1.73. The third-order valence-corrected chi connectivity index (χ3v) is 5.32. The van der Waals surface area contributed by atoms with E-state index < -0.39 is 0 Å². The van der Waals surface area contributed by atoms with Gasteiger partial charge in [0, 0.05) is 17.2 Å². The van der Waals surface area contributed by atoms with Gasteiger partial charge >= 0.3 is 0 Å². The van der Waals surface area contributed by atoms with Crippen LogP contribution in [0.15, 0.2) is 12.1 Å². The molecule has 6 nitrogen and oxygen atoms in total. The van der Waals surface area contributed by atoms with Crippen LogP contribution in [0.25, 0.3) is 11.1 Å². The molecular weight excluding hydrogens is 310 g/mol. The lowest BCUT2D eigenvalue weighted by molar-refractivity contribution is 0.171. The van der Waals surface area contributed by atoms with Crippen LogP contribution in [0.2, 0.25) is 0 Å². The molecule has 6 rings (SSSR count). The maximum atomic E-state index is 10.9. The van der Waals surface area contributed by atoms with Crippen molar-refractivity contribution < 1.29 is 24.1 Å². The van der Waals surface area contributed by atoms with E-state index in [2.05, 4.69) is 11.4 Å². The van der Waals surface area contributed by atoms with E-state index in [-0.39, 0.29) is 25.4 Å². The Kier molecular flexibility index (Phi) is 2.27. The second kappa shape index (κ2) is 4.27. The molecule has 0 radical (unpaired) electrons. The third kappa shape index (κ3) is 1.45. The van der Waals surface area contributed by atoms with Crippen LogP contribution in [0.5, 0.6) is 28.7 Å². The Labute approximate surface area is 137 Å². The molecule has 0 saturated heterocycles. The molecular formula is C18H15NO5. The number of ether oxygens (including phenoxy) is 4. The van der Waals surface area contributed by atoms with Crippen molar-refractivity contribution in [2.75, 3.05) is 20.1 Å². The molecule has 3 aliphatic heterocycles. The first-order valence-electron chi connectivity index (χ1n) is 8.15. The first kappa shape index (κ1) is 12.8. The lowest BCUT2D eigenvalue weighted by Gasteiger charge is -2.35. The number of benzene rings is 2. The molecule has 0 aromatic heterocycles. The molecule has 1 atom stereocenters. The molecule has 6 heteroatoms. The summed E-state index contributed by atoms with van der Waals surface area (Å²) in [6.45, 7) is 1.28. The Morgan fingerprint density at radius 3 is 2.54 bits per heavy atom. The van der Waals surface area contributed by atoms with Gasteiger partial charge in [0.15, 0.2) is 23.0 Å². The van der Waals surface area contributed by atoms with Crippen molar-refractivity contribution in [1.82, 2.24) is 5.32 Å². The molecule has 0 amide bonds. The van der Waals surface area contributed by atoms with E-state index >= 15 is 0 Å². The lowest BCUT2D eigenvalue weighted by Crippen LogP contribution is -2.33. The summed E-state index contributed by atoms with van der Waals surface area (Å²) >= 11 is 0. The van der Waals surface area contributed by atoms with Gasteiger partial charge in [0.1, 0.15) is 0 Å². The van der Waals surface area contributed by atoms with Crippen molar-refractivity contribution in [2.45, 2.75) is 18.9 Å². The molecule has 1 aliphatic carbocycles. The molecule has 0 unspecified atom stereocenters. The average Bonchev–Trinajstić information content (AvgIpc) is 3.23. The number of nitrogens with one attached hydrogen (secondary N) is 1. The van der Waals surface area contributed by atoms with Gasteiger partial charge in [-0.1, -0.05) is 0 Å². The van der Waals surface area contributed by atoms with E-state index in [1.807, 2.05) is 6.07 Å². The van der Waals surface area contributed by atoms with E-state index in [1.165, 1.54) is 11.1 Å². The summed E-state index contributed by atoms with van der Waals surface area (Å²) < 4.78 is 22.3. The molecule has 24 heavy (non-hydrogen) atoms. The topological polar surface area (TPSA) is 69.2 Å². The first-order chi connectivity index (χ1) is 11.8. The highest BCUT2D eigenvalue weighted by Gasteiger charge is 2.39. The molecule has 0 spiro atoms. The summed E-state index contributed by atoms with van der Waals surface area (Å²) in [7, 11) is 0. The fourth-order valence-electron chi connectivity index (χ4n) is 4.36. The number of fused-ring (bicyclic) bond motifs is 5. The van der Waals surface area contributed by atoms with Gasteiger partial charge in [0.25, 0.3) is 0 Å². The zero-order valence-corrected chi connectivity index (χ0v) is 12.8. The second-order valence-electron chi connectivity index (χ2n) is 6.51. The van der Waals surface area contributed by atoms with E-state index in [0.29, 0.717) is 11.5 Å². The van der Waals surface area contributed by atoms with Crippen molar-refractivity contribution in [3.8, 4) is 39.9 Å². The standard InChI is InChI=1S/C18H15NO5/c20-16-14-9(5-12-18(16)24-7-22-12)3-10-13-8(1-2-19-10)4-11-17(15(13)14)23-6-21-11/h4-5,10,19-20H,1-3,6-7H2/t10-/m0/s1. The van der Waals surface area contributed by atoms with Gasteiger partial charge in [-0.2, -0.15) is 0 Å². The molecule has 0 fully saturated rings. The Bertz CT molecular complexity index is 907. The third-order valence-electron chi connectivity index (χ3n) is 5.32. The minimum absolute atomic E-state index is 0.134. The molecule has 2 N–H and O–H groups in total. The van der Waals surface area contributed by atoms with Crippen molar-refractivity contribution in [3.63, 3.8) is 0 Å². The van der Waals surface area contributed by atoms with Gasteiger partial charge in [-0.25, -0.2) is 0 Å². The lowest BCUT2D eigenvalue weighted by atomic mass is 9.77. The minimum Gasteiger partial charge on any atom is -0.504 e. The highest BCUT2D eigenvalue weighted by molar-refractivity contribution is 5.89. The largest absolute Gasteiger partial charge is 0.504 e. The fraction of sp³-hybridized carbons (Fsp3) is 0.333. The second-order valence-corrected chi connectivity index (χ2v) is 6.51. The van der Waals surface area contributed by atoms with Gasteiger partial charge in [-0.05, 0) is 48.2 Å². The zero-order chi connectivity index (χ0) is 15.8. The van der Waals surface area contributed by atoms with E-state index in [4.69, 9.17) is 18.9 Å². The maximum Gasteiger partial charge on any atom is 0.231 e. The molecule has 2 aromatic carbocycles. The molecule has 0 saturated carbocycles. The number of phenols is 1. The monoisotopic (exact) mass is 325 g/mol. The Morgan fingerprint density at radius 1 is 0.917 bits per heavy atom. The normalized spacial score (nSPS) is 21.4. The summed E-state index contributed by atoms with van der Waals surface area (Å²) in [6, 6.07) is 4.28. The quantitative estimate of drug-likeness (QED) is 0.774. The predicted octanol–water partition coefficient (Wildman–Crippen LogP) is 2.26. The van der Waals surface area contributed by atoms with Crippen LogP contribution in [-0.4, -0.2) is 25.2 Å². The number of aromatic hydroxyl groups is 1. The number of phenolic OH excluding ortho intramolecular Hbond substituents is 1. The van der Waals surface area contributed by atoms with Crippen LogP contribution in [-0.2, 0) is 12.8 Å². The highest BCUT2D eigenvalue weighted by atomic mass is 16.7. The molecule has 122 valence electrons. The summed E-state index contributed by atoms with van der Waals surface area (Å²) in [5, 5.41) is 14.5. The first-order valence-corrected chi connectivity index (χ1v) is 8.15. The molecule has 0 bridgehead atoms. The molecule has 2 aromatic rings. The van der Waals surface area contributed by atoms with E-state index in [1.54, 1.807) is 0 Å². The maximum absolute atomic E-state index is 10.9. The van der Waals surface area contributed by atoms with Gasteiger partial charge in [0.2, 0.25) is 19.3 Å². The highest BCUT2D eigenvalue weighted by Crippen LogP contribution is 2.58. The summed E-state index contributed by atoms with van der Waals surface area (Å²) in [6.07, 6.45) is 1.75. The SMILES string of the molecule is Oc1c2c(cc3c1-c1c4c(cc5c1[C@H](C3)NCC5)OCO4)OCO2. The van der Waals surface area contributed by atoms with Crippen LogP contribution in [0, 0.1) is 0 Å². The molecule has 3 heterocycles. The fourth-order valence-corrected chi connectivity index (χ4v) is 4.36. The van der Waals surface area contributed by atoms with Gasteiger partial charge in [0.05, 0.1) is 0 Å². The van der Waals surface area contributed by atoms with E-state index in [0.717, 1.165) is 47.6 Å².